The number of morpholine rings is 1. The van der Waals surface area contributed by atoms with Crippen molar-refractivity contribution in [1.29, 1.82) is 0 Å². The number of hydrogen-bond acceptors (Lipinski definition) is 5. The summed E-state index contributed by atoms with van der Waals surface area (Å²) >= 11 is 0. The first-order valence-corrected chi connectivity index (χ1v) is 9.12. The number of β-amino-alcohol motifs (C(OH)–C–C–N with tert-alkyl or cyclic N) is 1. The summed E-state index contributed by atoms with van der Waals surface area (Å²) in [6, 6.07) is 10.1. The monoisotopic (exact) mass is 348 g/mol. The van der Waals surface area contributed by atoms with Crippen LogP contribution in [0.25, 0.3) is 0 Å². The molecule has 2 saturated heterocycles. The first-order valence-electron chi connectivity index (χ1n) is 9.12. The van der Waals surface area contributed by atoms with Gasteiger partial charge in [-0.2, -0.15) is 0 Å². The number of carbonyl (C=O) groups is 1. The van der Waals surface area contributed by atoms with E-state index in [0.29, 0.717) is 33.0 Å². The lowest BCUT2D eigenvalue weighted by Crippen LogP contribution is -2.46. The van der Waals surface area contributed by atoms with Crippen LogP contribution in [0.3, 0.4) is 0 Å². The second kappa shape index (κ2) is 9.29. The van der Waals surface area contributed by atoms with Crippen molar-refractivity contribution in [2.45, 2.75) is 18.4 Å². The van der Waals surface area contributed by atoms with Gasteiger partial charge in [-0.15, -0.1) is 0 Å². The summed E-state index contributed by atoms with van der Waals surface area (Å²) in [5.74, 6) is -0.0624. The predicted molar refractivity (Wildman–Crippen MR) is 94.4 cm³/mol. The number of carbonyl (C=O) groups excluding carboxylic acids is 1. The fraction of sp³-hybridized carbons (Fsp3) is 0.632. The minimum absolute atomic E-state index is 0.0328. The van der Waals surface area contributed by atoms with Gasteiger partial charge >= 0.3 is 0 Å². The largest absolute Gasteiger partial charge is 0.390 e. The Morgan fingerprint density at radius 1 is 1.20 bits per heavy atom. The molecule has 0 bridgehead atoms. The molecule has 6 heteroatoms. The number of nitrogens with zero attached hydrogens (tertiary/aromatic N) is 1. The van der Waals surface area contributed by atoms with E-state index in [2.05, 4.69) is 22.3 Å². The summed E-state index contributed by atoms with van der Waals surface area (Å²) in [7, 11) is 0. The second-order valence-corrected chi connectivity index (χ2v) is 6.80. The van der Waals surface area contributed by atoms with Crippen molar-refractivity contribution in [3.63, 3.8) is 0 Å². The molecule has 6 nitrogen and oxygen atoms in total. The summed E-state index contributed by atoms with van der Waals surface area (Å²) < 4.78 is 10.8. The topological polar surface area (TPSA) is 71.0 Å². The molecule has 0 saturated carbocycles. The van der Waals surface area contributed by atoms with Crippen LogP contribution in [0.4, 0.5) is 0 Å². The van der Waals surface area contributed by atoms with Crippen molar-refractivity contribution in [3.8, 4) is 0 Å². The Kier molecular flexibility index (Phi) is 6.81. The zero-order valence-electron chi connectivity index (χ0n) is 14.6. The van der Waals surface area contributed by atoms with Gasteiger partial charge in [0.05, 0.1) is 31.8 Å². The van der Waals surface area contributed by atoms with Gasteiger partial charge in [0, 0.05) is 32.8 Å². The molecule has 3 atom stereocenters. The molecule has 0 spiro atoms. The van der Waals surface area contributed by atoms with Gasteiger partial charge in [-0.3, -0.25) is 9.69 Å². The molecule has 25 heavy (non-hydrogen) atoms. The minimum Gasteiger partial charge on any atom is -0.390 e. The van der Waals surface area contributed by atoms with E-state index in [1.54, 1.807) is 0 Å². The Balaban J connectivity index is 1.50. The lowest BCUT2D eigenvalue weighted by Gasteiger charge is -2.32. The minimum atomic E-state index is -0.568. The van der Waals surface area contributed by atoms with Crippen LogP contribution in [-0.2, 0) is 14.3 Å². The Morgan fingerprint density at radius 3 is 2.72 bits per heavy atom. The summed E-state index contributed by atoms with van der Waals surface area (Å²) in [4.78, 5) is 14.8. The maximum absolute atomic E-state index is 12.6. The van der Waals surface area contributed by atoms with Crippen LogP contribution in [0, 0.1) is 5.92 Å². The normalized spacial score (nSPS) is 26.1. The summed E-state index contributed by atoms with van der Waals surface area (Å²) in [6.07, 6.45) is 0.278. The lowest BCUT2D eigenvalue weighted by atomic mass is 9.82. The van der Waals surface area contributed by atoms with Gasteiger partial charge in [-0.25, -0.2) is 0 Å². The van der Waals surface area contributed by atoms with Gasteiger partial charge < -0.3 is 19.9 Å². The SMILES string of the molecule is O=C(NCC(O)CN1CCOCC1)[C@@H]1COCC[C@@H]1c1ccccc1. The average Bonchev–Trinajstić information content (AvgIpc) is 2.67. The molecule has 2 aliphatic heterocycles. The van der Waals surface area contributed by atoms with E-state index < -0.39 is 6.10 Å². The molecule has 2 fully saturated rings. The highest BCUT2D eigenvalue weighted by Gasteiger charge is 2.32. The molecule has 138 valence electrons. The van der Waals surface area contributed by atoms with E-state index in [9.17, 15) is 9.90 Å². The molecule has 0 radical (unpaired) electrons. The Bertz CT molecular complexity index is 533. The first-order chi connectivity index (χ1) is 12.2. The highest BCUT2D eigenvalue weighted by molar-refractivity contribution is 5.80. The molecule has 0 aromatic heterocycles. The number of nitrogens with one attached hydrogen (secondary N) is 1. The smallest absolute Gasteiger partial charge is 0.226 e. The Hall–Kier alpha value is -1.47. The van der Waals surface area contributed by atoms with Gasteiger partial charge in [0.2, 0.25) is 5.91 Å². The van der Waals surface area contributed by atoms with Gasteiger partial charge in [-0.1, -0.05) is 30.3 Å². The first kappa shape index (κ1) is 18.3. The molecule has 3 rings (SSSR count). The standard InChI is InChI=1S/C19H28N2O4/c22-16(13-21-7-10-24-11-8-21)12-20-19(23)18-14-25-9-6-17(18)15-4-2-1-3-5-15/h1-5,16-18,22H,6-14H2,(H,20,23)/t16?,17-,18-/m1/s1. The van der Waals surface area contributed by atoms with Gasteiger partial charge in [0.25, 0.3) is 0 Å². The Morgan fingerprint density at radius 2 is 1.96 bits per heavy atom. The highest BCUT2D eigenvalue weighted by atomic mass is 16.5. The van der Waals surface area contributed by atoms with Crippen LogP contribution in [-0.4, -0.2) is 74.6 Å². The molecule has 1 aromatic carbocycles. The van der Waals surface area contributed by atoms with Crippen LogP contribution in [0.1, 0.15) is 17.9 Å². The molecule has 2 aliphatic rings. The van der Waals surface area contributed by atoms with Gasteiger partial charge in [-0.05, 0) is 17.9 Å². The number of amides is 1. The number of rotatable bonds is 6. The van der Waals surface area contributed by atoms with Crippen molar-refractivity contribution in [2.75, 3.05) is 52.6 Å². The number of aliphatic hydroxyl groups excluding tert-OH is 1. The molecule has 2 heterocycles. The third-order valence-corrected chi connectivity index (χ3v) is 5.01. The second-order valence-electron chi connectivity index (χ2n) is 6.80. The van der Waals surface area contributed by atoms with E-state index in [1.807, 2.05) is 18.2 Å². The van der Waals surface area contributed by atoms with Gasteiger partial charge in [0.1, 0.15) is 0 Å². The van der Waals surface area contributed by atoms with Crippen molar-refractivity contribution in [2.24, 2.45) is 5.92 Å². The molecular weight excluding hydrogens is 320 g/mol. The molecule has 1 unspecified atom stereocenters. The lowest BCUT2D eigenvalue weighted by molar-refractivity contribution is -0.130. The van der Waals surface area contributed by atoms with Crippen LogP contribution in [0.5, 0.6) is 0 Å². The van der Waals surface area contributed by atoms with Gasteiger partial charge in [0.15, 0.2) is 0 Å². The van der Waals surface area contributed by atoms with Crippen LogP contribution in [0.15, 0.2) is 30.3 Å². The third kappa shape index (κ3) is 5.25. The summed E-state index contributed by atoms with van der Waals surface area (Å²) in [5, 5.41) is 13.1. The number of aliphatic hydroxyl groups is 1. The maximum atomic E-state index is 12.6. The quantitative estimate of drug-likeness (QED) is 0.788. The van der Waals surface area contributed by atoms with Crippen molar-refractivity contribution in [3.05, 3.63) is 35.9 Å². The van der Waals surface area contributed by atoms with E-state index in [4.69, 9.17) is 9.47 Å². The molecule has 1 aromatic rings. The number of hydrogen-bond donors (Lipinski definition) is 2. The number of benzene rings is 1. The highest BCUT2D eigenvalue weighted by Crippen LogP contribution is 2.32. The number of ether oxygens (including phenoxy) is 2. The zero-order chi connectivity index (χ0) is 17.5. The summed E-state index contributed by atoms with van der Waals surface area (Å²) in [5.41, 5.74) is 1.18. The van der Waals surface area contributed by atoms with Crippen LogP contribution >= 0.6 is 0 Å². The molecule has 0 aliphatic carbocycles. The average molecular weight is 348 g/mol. The maximum Gasteiger partial charge on any atom is 0.226 e. The van der Waals surface area contributed by atoms with E-state index >= 15 is 0 Å². The van der Waals surface area contributed by atoms with E-state index in [-0.39, 0.29) is 24.3 Å². The van der Waals surface area contributed by atoms with E-state index in [0.717, 1.165) is 19.5 Å². The fourth-order valence-electron chi connectivity index (χ4n) is 3.59. The van der Waals surface area contributed by atoms with Crippen LogP contribution < -0.4 is 5.32 Å². The molecular formula is C19H28N2O4. The fourth-order valence-corrected chi connectivity index (χ4v) is 3.59. The van der Waals surface area contributed by atoms with Crippen molar-refractivity contribution < 1.29 is 19.4 Å². The zero-order valence-corrected chi connectivity index (χ0v) is 14.6. The molecule has 1 amide bonds. The van der Waals surface area contributed by atoms with Crippen LogP contribution in [0.2, 0.25) is 0 Å². The predicted octanol–water partition coefficient (Wildman–Crippen LogP) is 0.616. The van der Waals surface area contributed by atoms with E-state index in [1.165, 1.54) is 5.56 Å². The van der Waals surface area contributed by atoms with Crippen molar-refractivity contribution in [1.82, 2.24) is 10.2 Å². The summed E-state index contributed by atoms with van der Waals surface area (Å²) in [6.45, 7) is 5.03. The van der Waals surface area contributed by atoms with Crippen molar-refractivity contribution >= 4 is 5.91 Å². The Labute approximate surface area is 149 Å². The third-order valence-electron chi connectivity index (χ3n) is 5.01. The molecule has 2 N–H and O–H groups in total.